The number of hydrogen-bond acceptors (Lipinski definition) is 2. The summed E-state index contributed by atoms with van der Waals surface area (Å²) in [4.78, 5) is 18.8. The van der Waals surface area contributed by atoms with E-state index in [4.69, 9.17) is 0 Å². The number of carbonyl (C=O) groups is 1. The molecule has 5 rings (SSSR count). The molecule has 4 aliphatic rings. The minimum absolute atomic E-state index is 0.0841. The molecular weight excluding hydrogens is 380 g/mol. The summed E-state index contributed by atoms with van der Waals surface area (Å²) in [5, 5.41) is 0. The van der Waals surface area contributed by atoms with Gasteiger partial charge in [-0.3, -0.25) is 9.69 Å². The van der Waals surface area contributed by atoms with Crippen LogP contribution in [0, 0.1) is 5.92 Å². The average Bonchev–Trinajstić information content (AvgIpc) is 2.84. The molecule has 1 unspecified atom stereocenters. The third-order valence-corrected chi connectivity index (χ3v) is 8.25. The second kappa shape index (κ2) is 9.73. The number of amides is 1. The number of rotatable bonds is 4. The van der Waals surface area contributed by atoms with Crippen molar-refractivity contribution in [2.24, 2.45) is 5.92 Å². The first-order valence-corrected chi connectivity index (χ1v) is 12.8. The van der Waals surface area contributed by atoms with Crippen molar-refractivity contribution in [3.05, 3.63) is 59.7 Å². The second-order valence-electron chi connectivity index (χ2n) is 10.1. The van der Waals surface area contributed by atoms with Crippen LogP contribution in [0.1, 0.15) is 75.7 Å². The lowest BCUT2D eigenvalue weighted by atomic mass is 9.69. The zero-order valence-electron chi connectivity index (χ0n) is 18.9. The second-order valence-corrected chi connectivity index (χ2v) is 10.1. The lowest BCUT2D eigenvalue weighted by molar-refractivity contribution is -0.145. The lowest BCUT2D eigenvalue weighted by Gasteiger charge is -2.50. The maximum Gasteiger partial charge on any atom is 0.240 e. The average molecular weight is 419 g/mol. The fraction of sp³-hybridized carbons (Fsp3) is 0.607. The van der Waals surface area contributed by atoms with Gasteiger partial charge < -0.3 is 4.90 Å². The van der Waals surface area contributed by atoms with E-state index in [9.17, 15) is 4.79 Å². The highest BCUT2D eigenvalue weighted by atomic mass is 16.2. The smallest absolute Gasteiger partial charge is 0.240 e. The quantitative estimate of drug-likeness (QED) is 0.627. The van der Waals surface area contributed by atoms with Crippen molar-refractivity contribution in [3.8, 4) is 0 Å². The molecule has 1 aromatic rings. The molecule has 2 heterocycles. The summed E-state index contributed by atoms with van der Waals surface area (Å²) in [6, 6.07) is 11.6. The van der Waals surface area contributed by atoms with Gasteiger partial charge in [0.2, 0.25) is 5.91 Å². The molecule has 0 aromatic heterocycles. The van der Waals surface area contributed by atoms with Gasteiger partial charge >= 0.3 is 0 Å². The van der Waals surface area contributed by atoms with Gasteiger partial charge in [-0.1, -0.05) is 67.8 Å². The summed E-state index contributed by atoms with van der Waals surface area (Å²) >= 11 is 0. The Morgan fingerprint density at radius 2 is 1.74 bits per heavy atom. The first-order valence-electron chi connectivity index (χ1n) is 12.8. The monoisotopic (exact) mass is 418 g/mol. The molecule has 2 aliphatic heterocycles. The van der Waals surface area contributed by atoms with Crippen molar-refractivity contribution in [2.75, 3.05) is 19.6 Å². The molecule has 0 N–H and O–H groups in total. The maximum absolute atomic E-state index is 14.0. The van der Waals surface area contributed by atoms with Gasteiger partial charge in [0, 0.05) is 19.1 Å². The summed E-state index contributed by atoms with van der Waals surface area (Å²) < 4.78 is 0. The molecule has 4 atom stereocenters. The third-order valence-electron chi connectivity index (χ3n) is 8.25. The lowest BCUT2D eigenvalue weighted by Crippen LogP contribution is -2.58. The van der Waals surface area contributed by atoms with Crippen molar-refractivity contribution in [1.82, 2.24) is 9.80 Å². The molecule has 3 fully saturated rings. The Morgan fingerprint density at radius 1 is 0.903 bits per heavy atom. The molecule has 0 bridgehead atoms. The Hall–Kier alpha value is -1.87. The van der Waals surface area contributed by atoms with Gasteiger partial charge in [-0.15, -0.1) is 0 Å². The number of piperidine rings is 2. The number of nitrogens with zero attached hydrogens (tertiary/aromatic N) is 2. The Kier molecular flexibility index (Phi) is 6.59. The van der Waals surface area contributed by atoms with Crippen LogP contribution >= 0.6 is 0 Å². The zero-order valence-corrected chi connectivity index (χ0v) is 18.9. The van der Waals surface area contributed by atoms with Crippen LogP contribution in [0.3, 0.4) is 0 Å². The van der Waals surface area contributed by atoms with Crippen LogP contribution in [-0.2, 0) is 4.79 Å². The molecule has 1 saturated carbocycles. The van der Waals surface area contributed by atoms with E-state index in [0.717, 1.165) is 45.3 Å². The molecule has 0 radical (unpaired) electrons. The van der Waals surface area contributed by atoms with Gasteiger partial charge in [-0.2, -0.15) is 0 Å². The number of fused-ring (bicyclic) bond motifs is 1. The SMILES string of the molecule is O=C(C1CCCCN1CC1=CCCC=C1)N1CC[C@H](c2ccccc2)[C@H]2CCCC[C@H]21. The van der Waals surface area contributed by atoms with Crippen LogP contribution in [0.5, 0.6) is 0 Å². The van der Waals surface area contributed by atoms with Gasteiger partial charge in [-0.25, -0.2) is 0 Å². The van der Waals surface area contributed by atoms with E-state index in [2.05, 4.69) is 58.4 Å². The third kappa shape index (κ3) is 4.53. The molecule has 0 spiro atoms. The van der Waals surface area contributed by atoms with Gasteiger partial charge in [-0.05, 0) is 74.5 Å². The first-order chi connectivity index (χ1) is 15.3. The normalized spacial score (nSPS) is 31.7. The zero-order chi connectivity index (χ0) is 21.0. The van der Waals surface area contributed by atoms with Crippen LogP contribution in [0.2, 0.25) is 0 Å². The predicted molar refractivity (Wildman–Crippen MR) is 127 cm³/mol. The van der Waals surface area contributed by atoms with Crippen LogP contribution in [0.25, 0.3) is 0 Å². The van der Waals surface area contributed by atoms with E-state index in [-0.39, 0.29) is 6.04 Å². The number of allylic oxidation sites excluding steroid dienone is 2. The molecule has 3 nitrogen and oxygen atoms in total. The summed E-state index contributed by atoms with van der Waals surface area (Å²) in [6.07, 6.45) is 18.9. The van der Waals surface area contributed by atoms with Crippen molar-refractivity contribution >= 4 is 5.91 Å². The summed E-state index contributed by atoms with van der Waals surface area (Å²) in [7, 11) is 0. The molecule has 2 aliphatic carbocycles. The van der Waals surface area contributed by atoms with Gasteiger partial charge in [0.15, 0.2) is 0 Å². The highest BCUT2D eigenvalue weighted by Gasteiger charge is 2.44. The summed E-state index contributed by atoms with van der Waals surface area (Å²) in [6.45, 7) is 2.95. The van der Waals surface area contributed by atoms with E-state index in [1.54, 1.807) is 0 Å². The molecule has 166 valence electrons. The van der Waals surface area contributed by atoms with Gasteiger partial charge in [0.25, 0.3) is 0 Å². The highest BCUT2D eigenvalue weighted by molar-refractivity contribution is 5.82. The van der Waals surface area contributed by atoms with Gasteiger partial charge in [0.1, 0.15) is 0 Å². The van der Waals surface area contributed by atoms with E-state index in [1.165, 1.54) is 49.7 Å². The van der Waals surface area contributed by atoms with Crippen LogP contribution in [-0.4, -0.2) is 47.4 Å². The number of carbonyl (C=O) groups excluding carboxylic acids is 1. The number of benzene rings is 1. The van der Waals surface area contributed by atoms with Crippen LogP contribution in [0.4, 0.5) is 0 Å². The Balaban J connectivity index is 1.33. The number of likely N-dealkylation sites (tertiary alicyclic amines) is 2. The topological polar surface area (TPSA) is 23.6 Å². The Morgan fingerprint density at radius 3 is 2.58 bits per heavy atom. The van der Waals surface area contributed by atoms with Crippen molar-refractivity contribution < 1.29 is 4.79 Å². The van der Waals surface area contributed by atoms with Crippen LogP contribution in [0.15, 0.2) is 54.1 Å². The summed E-state index contributed by atoms with van der Waals surface area (Å²) in [5.41, 5.74) is 2.89. The van der Waals surface area contributed by atoms with E-state index >= 15 is 0 Å². The molecular formula is C28H38N2O. The maximum atomic E-state index is 14.0. The predicted octanol–water partition coefficient (Wildman–Crippen LogP) is 5.69. The van der Waals surface area contributed by atoms with Crippen molar-refractivity contribution in [3.63, 3.8) is 0 Å². The molecule has 2 saturated heterocycles. The molecule has 3 heteroatoms. The minimum atomic E-state index is 0.0841. The Bertz CT molecular complexity index is 814. The molecule has 31 heavy (non-hydrogen) atoms. The Labute approximate surface area is 188 Å². The van der Waals surface area contributed by atoms with Gasteiger partial charge in [0.05, 0.1) is 6.04 Å². The molecule has 1 aromatic carbocycles. The molecule has 1 amide bonds. The minimum Gasteiger partial charge on any atom is -0.338 e. The largest absolute Gasteiger partial charge is 0.338 e. The summed E-state index contributed by atoms with van der Waals surface area (Å²) in [5.74, 6) is 1.69. The van der Waals surface area contributed by atoms with Crippen LogP contribution < -0.4 is 0 Å². The fourth-order valence-electron chi connectivity index (χ4n) is 6.71. The number of hydrogen-bond donors (Lipinski definition) is 0. The van der Waals surface area contributed by atoms with Crippen molar-refractivity contribution in [1.29, 1.82) is 0 Å². The first kappa shape index (κ1) is 21.0. The fourth-order valence-corrected chi connectivity index (χ4v) is 6.71. The van der Waals surface area contributed by atoms with E-state index in [0.29, 0.717) is 23.8 Å². The highest BCUT2D eigenvalue weighted by Crippen LogP contribution is 2.44. The van der Waals surface area contributed by atoms with E-state index < -0.39 is 0 Å². The van der Waals surface area contributed by atoms with E-state index in [1.807, 2.05) is 0 Å². The standard InChI is InChI=1S/C28H38N2O/c31-28(27-17-9-10-19-29(27)21-22-11-3-1-4-12-22)30-20-18-24(23-13-5-2-6-14-23)25-15-7-8-16-26(25)30/h2-3,5-6,11-14,24-27H,1,4,7-10,15-21H2/t24-,25-,26-,27?/m1/s1. The van der Waals surface area contributed by atoms with Crippen molar-refractivity contribution in [2.45, 2.75) is 82.2 Å².